The Hall–Kier alpha value is -1.66. The summed E-state index contributed by atoms with van der Waals surface area (Å²) in [6.07, 6.45) is 0.649. The van der Waals surface area contributed by atoms with Gasteiger partial charge in [0, 0.05) is 17.2 Å². The van der Waals surface area contributed by atoms with Crippen LogP contribution in [0.2, 0.25) is 10.0 Å². The summed E-state index contributed by atoms with van der Waals surface area (Å²) in [5.74, 6) is -0.168. The van der Waals surface area contributed by atoms with Gasteiger partial charge in [-0.05, 0) is 30.7 Å². The van der Waals surface area contributed by atoms with E-state index in [0.29, 0.717) is 24.5 Å². The number of halogens is 4. The number of carbonyl (C=O) groups is 2. The number of alkyl halides is 2. The molecular weight excluding hydrogens is 446 g/mol. The van der Waals surface area contributed by atoms with Crippen LogP contribution in [0.1, 0.15) is 23.7 Å². The van der Waals surface area contributed by atoms with Crippen molar-refractivity contribution in [3.63, 3.8) is 0 Å². The quantitative estimate of drug-likeness (QED) is 0.543. The molecule has 3 rings (SSSR count). The summed E-state index contributed by atoms with van der Waals surface area (Å²) in [6, 6.07) is 10.6. The predicted octanol–water partition coefficient (Wildman–Crippen LogP) is 5.92. The van der Waals surface area contributed by atoms with Gasteiger partial charge >= 0.3 is 6.03 Å². The number of hydrogen-bond donors (Lipinski definition) is 2. The van der Waals surface area contributed by atoms with Crippen LogP contribution in [0.25, 0.3) is 0 Å². The van der Waals surface area contributed by atoms with E-state index < -0.39 is 16.3 Å². The van der Waals surface area contributed by atoms with Gasteiger partial charge in [-0.2, -0.15) is 0 Å². The topological polar surface area (TPSA) is 67.4 Å². The molecule has 28 heavy (non-hydrogen) atoms. The number of ether oxygens (including phenoxy) is 1. The lowest BCUT2D eigenvalue weighted by atomic mass is 10.2. The van der Waals surface area contributed by atoms with Gasteiger partial charge in [0.2, 0.25) is 0 Å². The van der Waals surface area contributed by atoms with Crippen molar-refractivity contribution in [1.29, 1.82) is 0 Å². The molecule has 0 heterocycles. The first-order chi connectivity index (χ1) is 13.1. The summed E-state index contributed by atoms with van der Waals surface area (Å²) in [6.45, 7) is 2.28. The van der Waals surface area contributed by atoms with Crippen LogP contribution in [0.3, 0.4) is 0 Å². The molecule has 2 aromatic carbocycles. The Labute approximate surface area is 182 Å². The predicted molar refractivity (Wildman–Crippen MR) is 112 cm³/mol. The Morgan fingerprint density at radius 1 is 1.11 bits per heavy atom. The molecule has 148 valence electrons. The fraction of sp³-hybridized carbons (Fsp3) is 0.263. The molecule has 1 fully saturated rings. The van der Waals surface area contributed by atoms with Gasteiger partial charge in [-0.1, -0.05) is 42.3 Å². The minimum atomic E-state index is -0.775. The number of nitrogens with one attached hydrogen (secondary N) is 2. The summed E-state index contributed by atoms with van der Waals surface area (Å²) in [5.41, 5.74) is 0.163. The maximum Gasteiger partial charge on any atom is 0.326 e. The Morgan fingerprint density at radius 3 is 2.32 bits per heavy atom. The smallest absolute Gasteiger partial charge is 0.326 e. The molecule has 9 heteroatoms. The normalized spacial score (nSPS) is 19.6. The number of amides is 3. The van der Waals surface area contributed by atoms with Crippen LogP contribution in [0.4, 0.5) is 10.5 Å². The molecule has 1 unspecified atom stereocenters. The highest BCUT2D eigenvalue weighted by Crippen LogP contribution is 2.63. The molecule has 0 saturated heterocycles. The lowest BCUT2D eigenvalue weighted by molar-refractivity contribution is 0.0967. The van der Waals surface area contributed by atoms with Gasteiger partial charge in [0.05, 0.1) is 22.2 Å². The molecule has 1 saturated carbocycles. The van der Waals surface area contributed by atoms with Gasteiger partial charge in [0.25, 0.3) is 5.91 Å². The first-order valence-electron chi connectivity index (χ1n) is 8.28. The van der Waals surface area contributed by atoms with Crippen LogP contribution in [-0.2, 0) is 0 Å². The molecule has 0 radical (unpaired) electrons. The van der Waals surface area contributed by atoms with Crippen molar-refractivity contribution < 1.29 is 14.3 Å². The monoisotopic (exact) mass is 460 g/mol. The Kier molecular flexibility index (Phi) is 6.01. The fourth-order valence-corrected chi connectivity index (χ4v) is 3.82. The molecular formula is C19H16Cl4N2O3. The van der Waals surface area contributed by atoms with E-state index in [1.54, 1.807) is 30.3 Å². The largest absolute Gasteiger partial charge is 0.493 e. The van der Waals surface area contributed by atoms with E-state index >= 15 is 0 Å². The Balaban J connectivity index is 1.59. The second-order valence-corrected chi connectivity index (χ2v) is 9.06. The molecule has 2 aromatic rings. The summed E-state index contributed by atoms with van der Waals surface area (Å²) < 4.78 is 4.96. The van der Waals surface area contributed by atoms with Gasteiger partial charge in [-0.3, -0.25) is 10.1 Å². The van der Waals surface area contributed by atoms with Crippen LogP contribution < -0.4 is 15.4 Å². The van der Waals surface area contributed by atoms with Crippen molar-refractivity contribution in [3.8, 4) is 5.75 Å². The van der Waals surface area contributed by atoms with Gasteiger partial charge < -0.3 is 10.1 Å². The number of benzene rings is 2. The van der Waals surface area contributed by atoms with Crippen molar-refractivity contribution in [1.82, 2.24) is 5.32 Å². The van der Waals surface area contributed by atoms with Crippen molar-refractivity contribution in [3.05, 3.63) is 58.1 Å². The third-order valence-electron chi connectivity index (χ3n) is 4.44. The molecule has 3 amide bonds. The van der Waals surface area contributed by atoms with Gasteiger partial charge in [-0.25, -0.2) is 4.79 Å². The van der Waals surface area contributed by atoms with Crippen molar-refractivity contribution >= 4 is 64.0 Å². The third-order valence-corrected chi connectivity index (χ3v) is 6.25. The summed E-state index contributed by atoms with van der Waals surface area (Å²) in [4.78, 5) is 24.4. The maximum atomic E-state index is 12.2. The highest BCUT2D eigenvalue weighted by molar-refractivity contribution is 6.51. The second-order valence-electron chi connectivity index (χ2n) is 6.76. The Bertz CT molecular complexity index is 915. The lowest BCUT2D eigenvalue weighted by Crippen LogP contribution is -2.34. The molecule has 1 aliphatic rings. The van der Waals surface area contributed by atoms with Crippen LogP contribution in [0, 0.1) is 5.41 Å². The summed E-state index contributed by atoms with van der Waals surface area (Å²) in [5, 5.41) is 5.05. The molecule has 0 aliphatic heterocycles. The number of rotatable bonds is 5. The van der Waals surface area contributed by atoms with Gasteiger partial charge in [0.15, 0.2) is 0 Å². The van der Waals surface area contributed by atoms with Crippen molar-refractivity contribution in [2.45, 2.75) is 17.7 Å². The number of imide groups is 1. The molecule has 1 aliphatic carbocycles. The number of hydrogen-bond acceptors (Lipinski definition) is 3. The minimum absolute atomic E-state index is 0.0291. The molecule has 2 N–H and O–H groups in total. The molecule has 1 atom stereocenters. The van der Waals surface area contributed by atoms with E-state index in [2.05, 4.69) is 10.6 Å². The zero-order valence-electron chi connectivity index (χ0n) is 14.7. The maximum absolute atomic E-state index is 12.2. The van der Waals surface area contributed by atoms with Gasteiger partial charge in [0.1, 0.15) is 10.1 Å². The summed E-state index contributed by atoms with van der Waals surface area (Å²) in [7, 11) is 0. The summed E-state index contributed by atoms with van der Waals surface area (Å²) >= 11 is 24.2. The molecule has 5 nitrogen and oxygen atoms in total. The van der Waals surface area contributed by atoms with E-state index in [-0.39, 0.29) is 21.0 Å². The zero-order valence-corrected chi connectivity index (χ0v) is 17.7. The van der Waals surface area contributed by atoms with E-state index in [0.717, 1.165) is 0 Å². The van der Waals surface area contributed by atoms with Crippen LogP contribution >= 0.6 is 46.4 Å². The van der Waals surface area contributed by atoms with Crippen LogP contribution in [-0.4, -0.2) is 22.9 Å². The SMILES string of the molecule is CC1(COc2cccc(NC(=O)NC(=O)c3c(Cl)cccc3Cl)c2)CC1(Cl)Cl. The van der Waals surface area contributed by atoms with Crippen molar-refractivity contribution in [2.75, 3.05) is 11.9 Å². The van der Waals surface area contributed by atoms with E-state index in [4.69, 9.17) is 51.1 Å². The highest BCUT2D eigenvalue weighted by Gasteiger charge is 2.63. The molecule has 0 spiro atoms. The average molecular weight is 462 g/mol. The average Bonchev–Trinajstić information content (AvgIpc) is 3.11. The molecule has 0 aromatic heterocycles. The van der Waals surface area contributed by atoms with Gasteiger partial charge in [-0.15, -0.1) is 23.2 Å². The fourth-order valence-electron chi connectivity index (χ4n) is 2.55. The standard InChI is InChI=1S/C19H16Cl4N2O3/c1-18(9-19(18,22)23)10-28-12-5-2-4-11(8-12)24-17(27)25-16(26)15-13(20)6-3-7-14(15)21/h2-8H,9-10H2,1H3,(H2,24,25,26,27). The number of anilines is 1. The second kappa shape index (κ2) is 7.99. The minimum Gasteiger partial charge on any atom is -0.493 e. The third kappa shape index (κ3) is 4.66. The highest BCUT2D eigenvalue weighted by atomic mass is 35.5. The Morgan fingerprint density at radius 2 is 1.71 bits per heavy atom. The van der Waals surface area contributed by atoms with Crippen LogP contribution in [0.5, 0.6) is 5.75 Å². The number of carbonyl (C=O) groups excluding carboxylic acids is 2. The van der Waals surface area contributed by atoms with E-state index in [1.807, 2.05) is 6.92 Å². The first-order valence-corrected chi connectivity index (χ1v) is 9.79. The van der Waals surface area contributed by atoms with Crippen molar-refractivity contribution in [2.24, 2.45) is 5.41 Å². The van der Waals surface area contributed by atoms with E-state index in [9.17, 15) is 9.59 Å². The first kappa shape index (κ1) is 21.1. The zero-order chi connectivity index (χ0) is 20.5. The number of urea groups is 1. The lowest BCUT2D eigenvalue weighted by Gasteiger charge is -2.14. The van der Waals surface area contributed by atoms with Crippen LogP contribution in [0.15, 0.2) is 42.5 Å². The van der Waals surface area contributed by atoms with E-state index in [1.165, 1.54) is 12.1 Å². The molecule has 0 bridgehead atoms.